The summed E-state index contributed by atoms with van der Waals surface area (Å²) in [5.74, 6) is 0.806. The number of ether oxygens (including phenoxy) is 1. The van der Waals surface area contributed by atoms with Gasteiger partial charge in [-0.15, -0.1) is 0 Å². The lowest BCUT2D eigenvalue weighted by Gasteiger charge is -2.14. The van der Waals surface area contributed by atoms with Gasteiger partial charge >= 0.3 is 0 Å². The molecule has 0 N–H and O–H groups in total. The highest BCUT2D eigenvalue weighted by molar-refractivity contribution is 8.26. The SMILES string of the molecule is CCCOc1ccc(/C=C2\SC(=S)N(Cc3ccccc3)C2=O)cc1. The minimum atomic E-state index is -0.0369. The molecule has 128 valence electrons. The molecule has 0 saturated carbocycles. The second kappa shape index (κ2) is 8.32. The molecule has 2 aromatic rings. The summed E-state index contributed by atoms with van der Waals surface area (Å²) in [6.45, 7) is 3.29. The summed E-state index contributed by atoms with van der Waals surface area (Å²) >= 11 is 6.74. The average molecular weight is 370 g/mol. The lowest BCUT2D eigenvalue weighted by molar-refractivity contribution is -0.122. The van der Waals surface area contributed by atoms with Crippen LogP contribution in [0.3, 0.4) is 0 Å². The van der Waals surface area contributed by atoms with Crippen LogP contribution < -0.4 is 4.74 Å². The van der Waals surface area contributed by atoms with Crippen LogP contribution in [0.4, 0.5) is 0 Å². The van der Waals surface area contributed by atoms with E-state index in [4.69, 9.17) is 17.0 Å². The maximum absolute atomic E-state index is 12.7. The van der Waals surface area contributed by atoms with Gasteiger partial charge in [0.05, 0.1) is 18.1 Å². The van der Waals surface area contributed by atoms with Crippen LogP contribution in [0.25, 0.3) is 6.08 Å². The second-order valence-corrected chi connectivity index (χ2v) is 7.35. The molecule has 1 aliphatic heterocycles. The third-order valence-electron chi connectivity index (χ3n) is 3.71. The molecule has 0 aromatic heterocycles. The van der Waals surface area contributed by atoms with Crippen molar-refractivity contribution in [3.63, 3.8) is 0 Å². The summed E-state index contributed by atoms with van der Waals surface area (Å²) in [4.78, 5) is 15.0. The lowest BCUT2D eigenvalue weighted by Crippen LogP contribution is -2.27. The van der Waals surface area contributed by atoms with Crippen LogP contribution in [-0.4, -0.2) is 21.7 Å². The first-order valence-electron chi connectivity index (χ1n) is 8.19. The molecule has 0 radical (unpaired) electrons. The number of thiocarbonyl (C=S) groups is 1. The zero-order chi connectivity index (χ0) is 17.6. The minimum absolute atomic E-state index is 0.0369. The van der Waals surface area contributed by atoms with E-state index in [0.717, 1.165) is 23.3 Å². The standard InChI is InChI=1S/C20H19NO2S2/c1-2-12-23-17-10-8-15(9-11-17)13-18-19(22)21(20(24)25-18)14-16-6-4-3-5-7-16/h3-11,13H,2,12,14H2,1H3/b18-13-. The van der Waals surface area contributed by atoms with Gasteiger partial charge in [-0.05, 0) is 35.8 Å². The van der Waals surface area contributed by atoms with Crippen LogP contribution in [0.15, 0.2) is 59.5 Å². The maximum atomic E-state index is 12.7. The Labute approximate surface area is 157 Å². The zero-order valence-corrected chi connectivity index (χ0v) is 15.6. The molecule has 1 aliphatic rings. The van der Waals surface area contributed by atoms with Crippen molar-refractivity contribution in [2.45, 2.75) is 19.9 Å². The summed E-state index contributed by atoms with van der Waals surface area (Å²) in [6, 6.07) is 17.6. The molecule has 3 rings (SSSR count). The molecular weight excluding hydrogens is 350 g/mol. The largest absolute Gasteiger partial charge is 0.494 e. The maximum Gasteiger partial charge on any atom is 0.266 e. The van der Waals surface area contributed by atoms with Gasteiger partial charge < -0.3 is 4.74 Å². The quantitative estimate of drug-likeness (QED) is 0.536. The molecule has 2 aromatic carbocycles. The van der Waals surface area contributed by atoms with E-state index in [0.29, 0.717) is 22.4 Å². The van der Waals surface area contributed by atoms with Crippen molar-refractivity contribution in [2.75, 3.05) is 6.61 Å². The van der Waals surface area contributed by atoms with Crippen molar-refractivity contribution >= 4 is 40.3 Å². The van der Waals surface area contributed by atoms with Crippen molar-refractivity contribution in [3.05, 3.63) is 70.6 Å². The molecule has 5 heteroatoms. The van der Waals surface area contributed by atoms with Crippen molar-refractivity contribution in [3.8, 4) is 5.75 Å². The number of benzene rings is 2. The Morgan fingerprint density at radius 3 is 2.52 bits per heavy atom. The predicted molar refractivity (Wildman–Crippen MR) is 107 cm³/mol. The van der Waals surface area contributed by atoms with Gasteiger partial charge in [-0.2, -0.15) is 0 Å². The van der Waals surface area contributed by atoms with Crippen LogP contribution in [0.1, 0.15) is 24.5 Å². The molecule has 0 bridgehead atoms. The molecule has 1 heterocycles. The first-order chi connectivity index (χ1) is 12.2. The molecular formula is C20H19NO2S2. The van der Waals surface area contributed by atoms with E-state index in [9.17, 15) is 4.79 Å². The number of thioether (sulfide) groups is 1. The summed E-state index contributed by atoms with van der Waals surface area (Å²) < 4.78 is 6.18. The zero-order valence-electron chi connectivity index (χ0n) is 14.0. The molecule has 0 spiro atoms. The van der Waals surface area contributed by atoms with Crippen molar-refractivity contribution in [1.82, 2.24) is 4.90 Å². The monoisotopic (exact) mass is 369 g/mol. The van der Waals surface area contributed by atoms with Crippen LogP contribution in [0.5, 0.6) is 5.75 Å². The Balaban J connectivity index is 1.71. The first kappa shape index (κ1) is 17.7. The molecule has 0 aliphatic carbocycles. The normalized spacial score (nSPS) is 15.9. The number of hydrogen-bond acceptors (Lipinski definition) is 4. The van der Waals surface area contributed by atoms with Gasteiger partial charge in [0.1, 0.15) is 10.1 Å². The molecule has 1 fully saturated rings. The number of hydrogen-bond donors (Lipinski definition) is 0. The molecule has 3 nitrogen and oxygen atoms in total. The highest BCUT2D eigenvalue weighted by Crippen LogP contribution is 2.33. The fourth-order valence-corrected chi connectivity index (χ4v) is 3.69. The van der Waals surface area contributed by atoms with Crippen LogP contribution in [0, 0.1) is 0 Å². The Hall–Kier alpha value is -2.11. The smallest absolute Gasteiger partial charge is 0.266 e. The van der Waals surface area contributed by atoms with E-state index < -0.39 is 0 Å². The Morgan fingerprint density at radius 1 is 1.12 bits per heavy atom. The van der Waals surface area contributed by atoms with E-state index in [-0.39, 0.29) is 5.91 Å². The molecule has 1 saturated heterocycles. The van der Waals surface area contributed by atoms with Crippen LogP contribution in [-0.2, 0) is 11.3 Å². The average Bonchev–Trinajstić information content (AvgIpc) is 2.89. The minimum Gasteiger partial charge on any atom is -0.494 e. The number of rotatable bonds is 6. The second-order valence-electron chi connectivity index (χ2n) is 5.67. The number of amides is 1. The van der Waals surface area contributed by atoms with E-state index in [2.05, 4.69) is 6.92 Å². The molecule has 25 heavy (non-hydrogen) atoms. The Kier molecular flexibility index (Phi) is 5.89. The van der Waals surface area contributed by atoms with Gasteiger partial charge in [0.25, 0.3) is 5.91 Å². The topological polar surface area (TPSA) is 29.5 Å². The van der Waals surface area contributed by atoms with Gasteiger partial charge in [-0.1, -0.05) is 73.4 Å². The van der Waals surface area contributed by atoms with Gasteiger partial charge in [0.15, 0.2) is 0 Å². The molecule has 0 atom stereocenters. The van der Waals surface area contributed by atoms with E-state index in [1.807, 2.05) is 60.7 Å². The molecule has 1 amide bonds. The third kappa shape index (κ3) is 4.50. The fourth-order valence-electron chi connectivity index (χ4n) is 2.43. The highest BCUT2D eigenvalue weighted by Gasteiger charge is 2.31. The fraction of sp³-hybridized carbons (Fsp3) is 0.200. The van der Waals surface area contributed by atoms with Crippen LogP contribution in [0.2, 0.25) is 0 Å². The van der Waals surface area contributed by atoms with E-state index >= 15 is 0 Å². The summed E-state index contributed by atoms with van der Waals surface area (Å²) in [7, 11) is 0. The summed E-state index contributed by atoms with van der Waals surface area (Å²) in [5.41, 5.74) is 2.03. The number of carbonyl (C=O) groups is 1. The molecule has 0 unspecified atom stereocenters. The third-order valence-corrected chi connectivity index (χ3v) is 5.09. The van der Waals surface area contributed by atoms with E-state index in [1.165, 1.54) is 11.8 Å². The first-order valence-corrected chi connectivity index (χ1v) is 9.42. The van der Waals surface area contributed by atoms with Crippen LogP contribution >= 0.6 is 24.0 Å². The predicted octanol–water partition coefficient (Wildman–Crippen LogP) is 4.88. The van der Waals surface area contributed by atoms with Gasteiger partial charge in [0.2, 0.25) is 0 Å². The number of carbonyl (C=O) groups excluding carboxylic acids is 1. The van der Waals surface area contributed by atoms with E-state index in [1.54, 1.807) is 4.90 Å². The Bertz CT molecular complexity index is 785. The lowest BCUT2D eigenvalue weighted by atomic mass is 10.2. The van der Waals surface area contributed by atoms with Crippen molar-refractivity contribution < 1.29 is 9.53 Å². The van der Waals surface area contributed by atoms with Gasteiger partial charge in [-0.3, -0.25) is 9.69 Å². The van der Waals surface area contributed by atoms with Crippen molar-refractivity contribution in [2.24, 2.45) is 0 Å². The Morgan fingerprint density at radius 2 is 1.84 bits per heavy atom. The van der Waals surface area contributed by atoms with Crippen molar-refractivity contribution in [1.29, 1.82) is 0 Å². The van der Waals surface area contributed by atoms with Gasteiger partial charge in [-0.25, -0.2) is 0 Å². The van der Waals surface area contributed by atoms with Gasteiger partial charge in [0, 0.05) is 0 Å². The number of nitrogens with zero attached hydrogens (tertiary/aromatic N) is 1. The summed E-state index contributed by atoms with van der Waals surface area (Å²) in [6.07, 6.45) is 2.86. The summed E-state index contributed by atoms with van der Waals surface area (Å²) in [5, 5.41) is 0. The highest BCUT2D eigenvalue weighted by atomic mass is 32.2.